The molecule has 11 aromatic rings. The predicted molar refractivity (Wildman–Crippen MR) is 217 cm³/mol. The Morgan fingerprint density at radius 2 is 1.21 bits per heavy atom. The van der Waals surface area contributed by atoms with Crippen LogP contribution in [0.4, 0.5) is 17.1 Å². The second-order valence-electron chi connectivity index (χ2n) is 13.1. The smallest absolute Gasteiger partial charge is 0.228 e. The summed E-state index contributed by atoms with van der Waals surface area (Å²) in [7, 11) is 0. The van der Waals surface area contributed by atoms with Crippen molar-refractivity contribution in [2.75, 3.05) is 4.90 Å². The molecule has 0 radical (unpaired) electrons. The van der Waals surface area contributed by atoms with Gasteiger partial charge in [-0.05, 0) is 82.6 Å². The van der Waals surface area contributed by atoms with E-state index in [0.29, 0.717) is 5.89 Å². The van der Waals surface area contributed by atoms with Gasteiger partial charge in [0.15, 0.2) is 5.58 Å². The molecule has 0 bridgehead atoms. The van der Waals surface area contributed by atoms with E-state index in [0.717, 1.165) is 55.7 Å². The van der Waals surface area contributed by atoms with E-state index in [1.54, 1.807) is 0 Å². The number of oxazole rings is 1. The standard InChI is InChI=1S/C47H28N2O2S/c1-2-11-29(12-3-1)33-15-8-13-30-27-31(23-25-34(30)33)49(40-19-9-16-36-35-14-4-7-22-44(35)52-46(36)40)32-24-26-37-43(28-32)50-42-21-10-17-38(45(37)42)47-48-39-18-5-6-20-41(39)51-47/h1-28H. The van der Waals surface area contributed by atoms with Crippen molar-refractivity contribution in [2.45, 2.75) is 0 Å². The molecule has 0 saturated carbocycles. The van der Waals surface area contributed by atoms with Gasteiger partial charge in [0.2, 0.25) is 5.89 Å². The number of anilines is 3. The summed E-state index contributed by atoms with van der Waals surface area (Å²) in [6.45, 7) is 0. The number of aromatic nitrogens is 1. The van der Waals surface area contributed by atoms with Crippen molar-refractivity contribution in [1.82, 2.24) is 4.98 Å². The molecule has 3 heterocycles. The molecular formula is C47H28N2O2S. The highest BCUT2D eigenvalue weighted by Gasteiger charge is 2.22. The normalized spacial score (nSPS) is 11.8. The first-order valence-corrected chi connectivity index (χ1v) is 18.2. The molecule has 8 aromatic carbocycles. The zero-order valence-corrected chi connectivity index (χ0v) is 28.6. The van der Waals surface area contributed by atoms with E-state index >= 15 is 0 Å². The molecule has 0 aliphatic rings. The first-order valence-electron chi connectivity index (χ1n) is 17.4. The van der Waals surface area contributed by atoms with Gasteiger partial charge in [-0.1, -0.05) is 103 Å². The Balaban J connectivity index is 1.13. The Morgan fingerprint density at radius 1 is 0.481 bits per heavy atom. The van der Waals surface area contributed by atoms with Gasteiger partial charge in [0.1, 0.15) is 16.7 Å². The number of thiophene rings is 1. The zero-order chi connectivity index (χ0) is 34.2. The quantitative estimate of drug-likeness (QED) is 0.181. The lowest BCUT2D eigenvalue weighted by Gasteiger charge is -2.26. The SMILES string of the molecule is c1ccc(-c2cccc3cc(N(c4ccc5c(c4)oc4cccc(-c6nc7ccccc7o6)c45)c4cccc5c4sc4ccccc45)ccc23)cc1. The van der Waals surface area contributed by atoms with Crippen LogP contribution in [0.2, 0.25) is 0 Å². The molecule has 0 spiro atoms. The summed E-state index contributed by atoms with van der Waals surface area (Å²) < 4.78 is 15.4. The van der Waals surface area contributed by atoms with Crippen molar-refractivity contribution in [3.63, 3.8) is 0 Å². The molecule has 4 nitrogen and oxygen atoms in total. The van der Waals surface area contributed by atoms with Crippen LogP contribution in [0, 0.1) is 0 Å². The monoisotopic (exact) mass is 684 g/mol. The average Bonchev–Trinajstić information content (AvgIpc) is 3.91. The van der Waals surface area contributed by atoms with Gasteiger partial charge < -0.3 is 13.7 Å². The molecule has 0 saturated heterocycles. The maximum absolute atomic E-state index is 6.63. The number of para-hydroxylation sites is 2. The molecule has 0 N–H and O–H groups in total. The van der Waals surface area contributed by atoms with Crippen LogP contribution in [0.3, 0.4) is 0 Å². The Hall–Kier alpha value is -6.69. The number of nitrogens with zero attached hydrogens (tertiary/aromatic N) is 2. The number of hydrogen-bond acceptors (Lipinski definition) is 5. The van der Waals surface area contributed by atoms with Crippen LogP contribution < -0.4 is 4.90 Å². The van der Waals surface area contributed by atoms with Crippen LogP contribution in [-0.4, -0.2) is 4.98 Å². The van der Waals surface area contributed by atoms with Gasteiger partial charge in [-0.15, -0.1) is 11.3 Å². The summed E-state index contributed by atoms with van der Waals surface area (Å²) in [5.41, 5.74) is 9.76. The van der Waals surface area contributed by atoms with Gasteiger partial charge in [0.05, 0.1) is 10.4 Å². The van der Waals surface area contributed by atoms with Crippen LogP contribution in [0.25, 0.3) is 86.6 Å². The van der Waals surface area contributed by atoms with Gasteiger partial charge in [-0.25, -0.2) is 4.98 Å². The Kier molecular flexibility index (Phi) is 6.39. The van der Waals surface area contributed by atoms with Crippen LogP contribution in [0.15, 0.2) is 179 Å². The summed E-state index contributed by atoms with van der Waals surface area (Å²) in [5.74, 6) is 0.586. The second kappa shape index (κ2) is 11.4. The van der Waals surface area contributed by atoms with Crippen LogP contribution in [0.5, 0.6) is 0 Å². The van der Waals surface area contributed by atoms with Gasteiger partial charge in [0, 0.05) is 49.2 Å². The highest BCUT2D eigenvalue weighted by Crippen LogP contribution is 2.47. The second-order valence-corrected chi connectivity index (χ2v) is 14.2. The maximum Gasteiger partial charge on any atom is 0.228 e. The minimum absolute atomic E-state index is 0.586. The fraction of sp³-hybridized carbons (Fsp3) is 0. The average molecular weight is 685 g/mol. The molecular weight excluding hydrogens is 657 g/mol. The fourth-order valence-corrected chi connectivity index (χ4v) is 8.94. The van der Waals surface area contributed by atoms with Gasteiger partial charge in [-0.3, -0.25) is 0 Å². The van der Waals surface area contributed by atoms with Crippen molar-refractivity contribution in [3.05, 3.63) is 170 Å². The molecule has 52 heavy (non-hydrogen) atoms. The molecule has 5 heteroatoms. The van der Waals surface area contributed by atoms with Gasteiger partial charge in [0.25, 0.3) is 0 Å². The minimum Gasteiger partial charge on any atom is -0.456 e. The molecule has 0 fully saturated rings. The third-order valence-corrected chi connectivity index (χ3v) is 11.3. The summed E-state index contributed by atoms with van der Waals surface area (Å²) in [5, 5.41) is 6.94. The van der Waals surface area contributed by atoms with E-state index in [4.69, 9.17) is 13.8 Å². The number of hydrogen-bond donors (Lipinski definition) is 0. The minimum atomic E-state index is 0.586. The van der Waals surface area contributed by atoms with Crippen molar-refractivity contribution in [1.29, 1.82) is 0 Å². The van der Waals surface area contributed by atoms with Crippen molar-refractivity contribution in [3.8, 4) is 22.6 Å². The molecule has 0 unspecified atom stereocenters. The molecule has 11 rings (SSSR count). The first-order chi connectivity index (χ1) is 25.8. The number of rotatable bonds is 5. The molecule has 3 aromatic heterocycles. The molecule has 0 aliphatic carbocycles. The third-order valence-electron chi connectivity index (χ3n) is 10.1. The van der Waals surface area contributed by atoms with Crippen molar-refractivity contribution < 1.29 is 8.83 Å². The van der Waals surface area contributed by atoms with E-state index < -0.39 is 0 Å². The van der Waals surface area contributed by atoms with E-state index in [2.05, 4.69) is 138 Å². The lowest BCUT2D eigenvalue weighted by molar-refractivity contribution is 0.620. The lowest BCUT2D eigenvalue weighted by Crippen LogP contribution is -2.10. The molecule has 244 valence electrons. The largest absolute Gasteiger partial charge is 0.456 e. The third kappa shape index (κ3) is 4.50. The highest BCUT2D eigenvalue weighted by atomic mass is 32.1. The summed E-state index contributed by atoms with van der Waals surface area (Å²) in [4.78, 5) is 7.20. The van der Waals surface area contributed by atoms with E-state index in [1.165, 1.54) is 42.1 Å². The number of fused-ring (bicyclic) bond motifs is 8. The van der Waals surface area contributed by atoms with E-state index in [1.807, 2.05) is 47.7 Å². The predicted octanol–water partition coefficient (Wildman–Crippen LogP) is 14.1. The summed E-state index contributed by atoms with van der Waals surface area (Å²) >= 11 is 1.84. The zero-order valence-electron chi connectivity index (χ0n) is 27.8. The van der Waals surface area contributed by atoms with Gasteiger partial charge in [-0.2, -0.15) is 0 Å². The number of benzene rings is 8. The number of furan rings is 1. The molecule has 0 atom stereocenters. The van der Waals surface area contributed by atoms with Crippen molar-refractivity contribution >= 4 is 92.4 Å². The fourth-order valence-electron chi connectivity index (χ4n) is 7.73. The van der Waals surface area contributed by atoms with Crippen molar-refractivity contribution in [2.24, 2.45) is 0 Å². The van der Waals surface area contributed by atoms with Crippen LogP contribution in [0.1, 0.15) is 0 Å². The maximum atomic E-state index is 6.63. The Labute approximate surface area is 302 Å². The highest BCUT2D eigenvalue weighted by molar-refractivity contribution is 7.26. The summed E-state index contributed by atoms with van der Waals surface area (Å²) in [6, 6.07) is 59.8. The Bertz CT molecular complexity index is 3120. The van der Waals surface area contributed by atoms with Gasteiger partial charge >= 0.3 is 0 Å². The Morgan fingerprint density at radius 3 is 2.13 bits per heavy atom. The van der Waals surface area contributed by atoms with E-state index in [9.17, 15) is 0 Å². The lowest BCUT2D eigenvalue weighted by atomic mass is 9.97. The first kappa shape index (κ1) is 29.1. The topological polar surface area (TPSA) is 42.4 Å². The molecule has 0 aliphatic heterocycles. The molecule has 0 amide bonds. The van der Waals surface area contributed by atoms with Crippen LogP contribution in [-0.2, 0) is 0 Å². The summed E-state index contributed by atoms with van der Waals surface area (Å²) in [6.07, 6.45) is 0. The van der Waals surface area contributed by atoms with E-state index in [-0.39, 0.29) is 0 Å². The van der Waals surface area contributed by atoms with Crippen LogP contribution >= 0.6 is 11.3 Å².